The lowest BCUT2D eigenvalue weighted by Gasteiger charge is -2.35. The summed E-state index contributed by atoms with van der Waals surface area (Å²) in [6, 6.07) is 16.1. The van der Waals surface area contributed by atoms with Gasteiger partial charge in [0.05, 0.1) is 11.0 Å². The van der Waals surface area contributed by atoms with Gasteiger partial charge in [-0.2, -0.15) is 0 Å². The third-order valence-electron chi connectivity index (χ3n) is 5.69. The van der Waals surface area contributed by atoms with Crippen LogP contribution in [0.25, 0.3) is 11.0 Å². The van der Waals surface area contributed by atoms with E-state index >= 15 is 0 Å². The number of likely N-dealkylation sites (N-methyl/N-ethyl adjacent to an activating group) is 1. The molecule has 1 fully saturated rings. The molecule has 1 amide bonds. The second-order valence-corrected chi connectivity index (χ2v) is 7.47. The minimum atomic E-state index is -0.0350. The van der Waals surface area contributed by atoms with Gasteiger partial charge in [-0.05, 0) is 42.9 Å². The van der Waals surface area contributed by atoms with E-state index in [1.807, 2.05) is 41.0 Å². The number of rotatable bonds is 6. The van der Waals surface area contributed by atoms with Gasteiger partial charge in [-0.25, -0.2) is 4.98 Å². The normalized spacial score (nSPS) is 15.0. The van der Waals surface area contributed by atoms with E-state index < -0.39 is 0 Å². The maximum absolute atomic E-state index is 12.7. The lowest BCUT2D eigenvalue weighted by atomic mass is 10.2. The van der Waals surface area contributed by atoms with E-state index in [0.29, 0.717) is 0 Å². The van der Waals surface area contributed by atoms with Crippen LogP contribution < -0.4 is 10.2 Å². The van der Waals surface area contributed by atoms with Crippen LogP contribution in [0.15, 0.2) is 48.5 Å². The van der Waals surface area contributed by atoms with Gasteiger partial charge in [0.1, 0.15) is 12.4 Å². The van der Waals surface area contributed by atoms with Crippen LogP contribution >= 0.6 is 0 Å². The zero-order chi connectivity index (χ0) is 20.2. The molecule has 1 aliphatic rings. The zero-order valence-electron chi connectivity index (χ0n) is 17.3. The fraction of sp³-hybridized carbons (Fsp3) is 0.391. The van der Waals surface area contributed by atoms with Gasteiger partial charge in [-0.15, -0.1) is 0 Å². The minimum absolute atomic E-state index is 0.0350. The molecule has 1 aromatic heterocycles. The summed E-state index contributed by atoms with van der Waals surface area (Å²) in [7, 11) is 0. The van der Waals surface area contributed by atoms with Crippen LogP contribution in [0.4, 0.5) is 11.4 Å². The molecular formula is C23H29N5O. The summed E-state index contributed by atoms with van der Waals surface area (Å²) in [4.78, 5) is 22.2. The van der Waals surface area contributed by atoms with Crippen molar-refractivity contribution in [2.75, 3.05) is 42.9 Å². The van der Waals surface area contributed by atoms with Gasteiger partial charge >= 0.3 is 0 Å². The molecule has 0 radical (unpaired) electrons. The van der Waals surface area contributed by atoms with Gasteiger partial charge in [-0.3, -0.25) is 4.79 Å². The number of imidazole rings is 1. The molecule has 6 nitrogen and oxygen atoms in total. The van der Waals surface area contributed by atoms with Gasteiger partial charge < -0.3 is 19.7 Å². The summed E-state index contributed by atoms with van der Waals surface area (Å²) >= 11 is 0. The van der Waals surface area contributed by atoms with Gasteiger partial charge in [0.2, 0.25) is 5.91 Å². The SMILES string of the molecule is CCc1nc2ccccc2n1CC(=O)Nc1ccc(N2CCN(CC)CC2)cc1. The van der Waals surface area contributed by atoms with Crippen molar-refractivity contribution in [3.05, 3.63) is 54.4 Å². The Balaban J connectivity index is 1.40. The van der Waals surface area contributed by atoms with Crippen molar-refractivity contribution in [1.82, 2.24) is 14.5 Å². The fourth-order valence-electron chi connectivity index (χ4n) is 3.99. The third kappa shape index (κ3) is 4.27. The Morgan fingerprint density at radius 2 is 1.72 bits per heavy atom. The highest BCUT2D eigenvalue weighted by Crippen LogP contribution is 2.20. The average molecular weight is 392 g/mol. The molecule has 3 aromatic rings. The van der Waals surface area contributed by atoms with Gasteiger partial charge in [0, 0.05) is 44.0 Å². The summed E-state index contributed by atoms with van der Waals surface area (Å²) in [6.45, 7) is 9.97. The third-order valence-corrected chi connectivity index (χ3v) is 5.69. The van der Waals surface area contributed by atoms with E-state index in [1.54, 1.807) is 0 Å². The maximum atomic E-state index is 12.7. The Morgan fingerprint density at radius 3 is 2.41 bits per heavy atom. The van der Waals surface area contributed by atoms with E-state index in [2.05, 4.69) is 46.1 Å². The van der Waals surface area contributed by atoms with E-state index in [9.17, 15) is 4.79 Å². The van der Waals surface area contributed by atoms with E-state index in [-0.39, 0.29) is 12.5 Å². The van der Waals surface area contributed by atoms with Gasteiger partial charge in [-0.1, -0.05) is 26.0 Å². The Morgan fingerprint density at radius 1 is 1.00 bits per heavy atom. The Kier molecular flexibility index (Phi) is 5.81. The first-order chi connectivity index (χ1) is 14.2. The quantitative estimate of drug-likeness (QED) is 0.700. The zero-order valence-corrected chi connectivity index (χ0v) is 17.3. The Labute approximate surface area is 172 Å². The van der Waals surface area contributed by atoms with Crippen molar-refractivity contribution < 1.29 is 4.79 Å². The molecule has 0 aliphatic carbocycles. The molecule has 0 atom stereocenters. The van der Waals surface area contributed by atoms with Crippen molar-refractivity contribution in [3.8, 4) is 0 Å². The number of para-hydroxylation sites is 2. The van der Waals surface area contributed by atoms with Gasteiger partial charge in [0.25, 0.3) is 0 Å². The van der Waals surface area contributed by atoms with E-state index in [1.165, 1.54) is 5.69 Å². The molecule has 2 aromatic carbocycles. The molecule has 1 aliphatic heterocycles. The van der Waals surface area contributed by atoms with Crippen LogP contribution in [0.2, 0.25) is 0 Å². The first-order valence-corrected chi connectivity index (χ1v) is 10.5. The number of anilines is 2. The smallest absolute Gasteiger partial charge is 0.244 e. The monoisotopic (exact) mass is 391 g/mol. The lowest BCUT2D eigenvalue weighted by Crippen LogP contribution is -2.46. The van der Waals surface area contributed by atoms with E-state index in [4.69, 9.17) is 0 Å². The second-order valence-electron chi connectivity index (χ2n) is 7.47. The summed E-state index contributed by atoms with van der Waals surface area (Å²) in [5, 5.41) is 3.03. The highest BCUT2D eigenvalue weighted by Gasteiger charge is 2.16. The lowest BCUT2D eigenvalue weighted by molar-refractivity contribution is -0.116. The first kappa shape index (κ1) is 19.5. The molecule has 0 spiro atoms. The number of amides is 1. The number of piperazine rings is 1. The number of fused-ring (bicyclic) bond motifs is 1. The van der Waals surface area contributed by atoms with Gasteiger partial charge in [0.15, 0.2) is 0 Å². The van der Waals surface area contributed by atoms with E-state index in [0.717, 1.165) is 61.7 Å². The van der Waals surface area contributed by atoms with Crippen LogP contribution in [0.1, 0.15) is 19.7 Å². The number of nitrogens with zero attached hydrogens (tertiary/aromatic N) is 4. The summed E-state index contributed by atoms with van der Waals surface area (Å²) < 4.78 is 2.01. The predicted molar refractivity (Wildman–Crippen MR) is 119 cm³/mol. The van der Waals surface area contributed by atoms with Crippen molar-refractivity contribution in [2.45, 2.75) is 26.8 Å². The van der Waals surface area contributed by atoms with Crippen LogP contribution in [0, 0.1) is 0 Å². The minimum Gasteiger partial charge on any atom is -0.369 e. The number of hydrogen-bond donors (Lipinski definition) is 1. The Bertz CT molecular complexity index is 971. The largest absolute Gasteiger partial charge is 0.369 e. The molecule has 29 heavy (non-hydrogen) atoms. The molecule has 152 valence electrons. The molecule has 1 saturated heterocycles. The predicted octanol–water partition coefficient (Wildman–Crippen LogP) is 3.38. The summed E-state index contributed by atoms with van der Waals surface area (Å²) in [5.74, 6) is 0.898. The second kappa shape index (κ2) is 8.66. The molecule has 1 N–H and O–H groups in total. The molecule has 4 rings (SSSR count). The molecular weight excluding hydrogens is 362 g/mol. The van der Waals surface area contributed by atoms with Crippen LogP contribution in [0.5, 0.6) is 0 Å². The molecule has 0 saturated carbocycles. The Hall–Kier alpha value is -2.86. The number of nitrogens with one attached hydrogen (secondary N) is 1. The fourth-order valence-corrected chi connectivity index (χ4v) is 3.99. The number of aromatic nitrogens is 2. The summed E-state index contributed by atoms with van der Waals surface area (Å²) in [6.07, 6.45) is 0.794. The number of hydrogen-bond acceptors (Lipinski definition) is 4. The topological polar surface area (TPSA) is 53.4 Å². The number of benzene rings is 2. The van der Waals surface area contributed by atoms with Crippen molar-refractivity contribution in [2.24, 2.45) is 0 Å². The van der Waals surface area contributed by atoms with Crippen LogP contribution in [0.3, 0.4) is 0 Å². The molecule has 0 unspecified atom stereocenters. The van der Waals surface area contributed by atoms with Crippen molar-refractivity contribution in [1.29, 1.82) is 0 Å². The van der Waals surface area contributed by atoms with Crippen molar-refractivity contribution in [3.63, 3.8) is 0 Å². The maximum Gasteiger partial charge on any atom is 0.244 e. The number of carbonyl (C=O) groups excluding carboxylic acids is 1. The highest BCUT2D eigenvalue weighted by molar-refractivity contribution is 5.92. The van der Waals surface area contributed by atoms with Crippen LogP contribution in [-0.4, -0.2) is 53.1 Å². The first-order valence-electron chi connectivity index (χ1n) is 10.5. The standard InChI is InChI=1S/C23H29N5O/c1-3-22-25-20-7-5-6-8-21(20)28(22)17-23(29)24-18-9-11-19(12-10-18)27-15-13-26(4-2)14-16-27/h5-12H,3-4,13-17H2,1-2H3,(H,24,29). The number of aryl methyl sites for hydroxylation is 1. The van der Waals surface area contributed by atoms with Crippen LogP contribution in [-0.2, 0) is 17.8 Å². The molecule has 2 heterocycles. The van der Waals surface area contributed by atoms with Crippen molar-refractivity contribution >= 4 is 28.3 Å². The highest BCUT2D eigenvalue weighted by atomic mass is 16.1. The molecule has 0 bridgehead atoms. The number of carbonyl (C=O) groups is 1. The average Bonchev–Trinajstić information content (AvgIpc) is 3.12. The summed E-state index contributed by atoms with van der Waals surface area (Å²) in [5.41, 5.74) is 3.98. The molecule has 6 heteroatoms.